The molecule has 4 heterocycles. The second-order valence-electron chi connectivity index (χ2n) is 5.58. The number of benzene rings is 1. The summed E-state index contributed by atoms with van der Waals surface area (Å²) in [5.41, 5.74) is 2.61. The van der Waals surface area contributed by atoms with E-state index in [4.69, 9.17) is 9.47 Å². The van der Waals surface area contributed by atoms with Crippen molar-refractivity contribution in [1.29, 1.82) is 0 Å². The molecule has 0 aliphatic carbocycles. The number of anilines is 1. The van der Waals surface area contributed by atoms with E-state index in [0.29, 0.717) is 0 Å². The lowest BCUT2D eigenvalue weighted by Gasteiger charge is -2.37. The van der Waals surface area contributed by atoms with Gasteiger partial charge in [0.1, 0.15) is 11.7 Å². The molecule has 1 aromatic rings. The maximum atomic E-state index is 6.28. The highest BCUT2D eigenvalue weighted by molar-refractivity contribution is 5.85. The summed E-state index contributed by atoms with van der Waals surface area (Å²) in [6.45, 7) is 4.31. The summed E-state index contributed by atoms with van der Waals surface area (Å²) in [7, 11) is 0. The highest BCUT2D eigenvalue weighted by Gasteiger charge is 2.54. The maximum Gasteiger partial charge on any atom is 0.159 e. The third-order valence-electron chi connectivity index (χ3n) is 4.63. The van der Waals surface area contributed by atoms with Crippen LogP contribution in [0.1, 0.15) is 37.9 Å². The molecule has 2 unspecified atom stereocenters. The number of para-hydroxylation sites is 1. The third kappa shape index (κ3) is 1.79. The Balaban J connectivity index is 0.00000110. The van der Waals surface area contributed by atoms with E-state index in [-0.39, 0.29) is 30.4 Å². The normalized spacial score (nSPS) is 35.3. The Labute approximate surface area is 120 Å². The van der Waals surface area contributed by atoms with Crippen LogP contribution in [-0.4, -0.2) is 25.0 Å². The molecule has 4 aliphatic rings. The molecular weight excluding hydrogens is 262 g/mol. The Hall–Kier alpha value is -0.770. The first-order valence-electron chi connectivity index (χ1n) is 6.99. The van der Waals surface area contributed by atoms with Gasteiger partial charge >= 0.3 is 0 Å². The zero-order valence-electron chi connectivity index (χ0n) is 11.2. The first-order chi connectivity index (χ1) is 8.82. The second-order valence-corrected chi connectivity index (χ2v) is 5.58. The topological polar surface area (TPSA) is 21.7 Å². The van der Waals surface area contributed by atoms with Crippen molar-refractivity contribution in [2.45, 2.75) is 44.2 Å². The number of ether oxygens (including phenoxy) is 2. The molecule has 1 aromatic carbocycles. The summed E-state index contributed by atoms with van der Waals surface area (Å²) in [6.07, 6.45) is 3.22. The average molecular weight is 282 g/mol. The van der Waals surface area contributed by atoms with E-state index in [9.17, 15) is 0 Å². The van der Waals surface area contributed by atoms with E-state index in [2.05, 4.69) is 36.1 Å². The minimum atomic E-state index is -0.0657. The van der Waals surface area contributed by atoms with Crippen molar-refractivity contribution < 1.29 is 9.47 Å². The van der Waals surface area contributed by atoms with Gasteiger partial charge in [0.15, 0.2) is 6.29 Å². The standard InChI is InChI=1S/C15H19NO2.ClH/c1-2-13-17-14-11-5-3-4-6-12(11)16-9-7-15(14,18-13)8-10-16;/h3-6,13-14H,2,7-10H2,1H3;1H. The summed E-state index contributed by atoms with van der Waals surface area (Å²) in [5, 5.41) is 0. The summed E-state index contributed by atoms with van der Waals surface area (Å²) >= 11 is 0. The van der Waals surface area contributed by atoms with Gasteiger partial charge in [-0.25, -0.2) is 0 Å². The third-order valence-corrected chi connectivity index (χ3v) is 4.63. The van der Waals surface area contributed by atoms with Gasteiger partial charge in [-0.05, 0) is 25.3 Å². The number of rotatable bonds is 1. The van der Waals surface area contributed by atoms with Crippen molar-refractivity contribution in [2.24, 2.45) is 0 Å². The van der Waals surface area contributed by atoms with Crippen molar-refractivity contribution in [3.8, 4) is 0 Å². The Morgan fingerprint density at radius 1 is 1.26 bits per heavy atom. The second kappa shape index (κ2) is 4.65. The Kier molecular flexibility index (Phi) is 3.24. The molecule has 2 saturated heterocycles. The van der Waals surface area contributed by atoms with E-state index < -0.39 is 0 Å². The van der Waals surface area contributed by atoms with E-state index in [0.717, 1.165) is 32.4 Å². The van der Waals surface area contributed by atoms with Crippen molar-refractivity contribution in [3.05, 3.63) is 29.8 Å². The van der Waals surface area contributed by atoms with E-state index >= 15 is 0 Å². The van der Waals surface area contributed by atoms with Crippen LogP contribution in [0.3, 0.4) is 0 Å². The monoisotopic (exact) mass is 281 g/mol. The maximum absolute atomic E-state index is 6.28. The fourth-order valence-corrected chi connectivity index (χ4v) is 3.67. The van der Waals surface area contributed by atoms with Gasteiger partial charge in [-0.2, -0.15) is 0 Å². The largest absolute Gasteiger partial charge is 0.371 e. The molecule has 0 saturated carbocycles. The van der Waals surface area contributed by atoms with E-state index in [1.165, 1.54) is 11.3 Å². The number of halogens is 1. The van der Waals surface area contributed by atoms with Crippen LogP contribution < -0.4 is 4.90 Å². The molecule has 19 heavy (non-hydrogen) atoms. The fraction of sp³-hybridized carbons (Fsp3) is 0.600. The molecule has 5 rings (SSSR count). The lowest BCUT2D eigenvalue weighted by molar-refractivity contribution is -0.0971. The van der Waals surface area contributed by atoms with Crippen molar-refractivity contribution in [1.82, 2.24) is 0 Å². The van der Waals surface area contributed by atoms with Crippen molar-refractivity contribution >= 4 is 18.1 Å². The molecule has 2 fully saturated rings. The Morgan fingerprint density at radius 2 is 2.00 bits per heavy atom. The van der Waals surface area contributed by atoms with Crippen LogP contribution in [0.15, 0.2) is 24.3 Å². The first-order valence-corrected chi connectivity index (χ1v) is 6.99. The van der Waals surface area contributed by atoms with E-state index in [1.807, 2.05) is 0 Å². The lowest BCUT2D eigenvalue weighted by atomic mass is 9.85. The average Bonchev–Trinajstić information content (AvgIpc) is 2.67. The van der Waals surface area contributed by atoms with E-state index in [1.54, 1.807) is 0 Å². The Bertz CT molecular complexity index is 471. The minimum absolute atomic E-state index is 0. The minimum Gasteiger partial charge on any atom is -0.371 e. The molecule has 104 valence electrons. The van der Waals surface area contributed by atoms with Gasteiger partial charge in [-0.3, -0.25) is 0 Å². The molecule has 0 N–H and O–H groups in total. The zero-order chi connectivity index (χ0) is 12.2. The zero-order valence-corrected chi connectivity index (χ0v) is 12.0. The molecule has 0 aromatic heterocycles. The smallest absolute Gasteiger partial charge is 0.159 e. The molecule has 3 nitrogen and oxygen atoms in total. The molecule has 4 heteroatoms. The summed E-state index contributed by atoms with van der Waals surface area (Å²) in [5.74, 6) is 0. The van der Waals surface area contributed by atoms with Crippen LogP contribution in [0.5, 0.6) is 0 Å². The molecule has 0 amide bonds. The van der Waals surface area contributed by atoms with Gasteiger partial charge in [-0.1, -0.05) is 25.1 Å². The number of nitrogens with zero attached hydrogens (tertiary/aromatic N) is 1. The van der Waals surface area contributed by atoms with Crippen LogP contribution in [0, 0.1) is 0 Å². The van der Waals surface area contributed by atoms with Crippen LogP contribution in [0.2, 0.25) is 0 Å². The van der Waals surface area contributed by atoms with Gasteiger partial charge in [0, 0.05) is 24.3 Å². The number of piperidine rings is 1. The number of hydrogen-bond donors (Lipinski definition) is 0. The summed E-state index contributed by atoms with van der Waals surface area (Å²) in [6, 6.07) is 8.66. The van der Waals surface area contributed by atoms with Crippen LogP contribution in [-0.2, 0) is 9.47 Å². The summed E-state index contributed by atoms with van der Waals surface area (Å²) < 4.78 is 12.5. The van der Waals surface area contributed by atoms with Crippen LogP contribution >= 0.6 is 12.4 Å². The van der Waals surface area contributed by atoms with Crippen molar-refractivity contribution in [3.63, 3.8) is 0 Å². The fourth-order valence-electron chi connectivity index (χ4n) is 3.67. The predicted octanol–water partition coefficient (Wildman–Crippen LogP) is 3.29. The SMILES string of the molecule is CCC1OC2c3ccccc3N3CCC2(CC3)O1.Cl. The molecule has 2 bridgehead atoms. The quantitative estimate of drug-likeness (QED) is 0.788. The van der Waals surface area contributed by atoms with Gasteiger partial charge in [0.05, 0.1) is 0 Å². The van der Waals surface area contributed by atoms with Gasteiger partial charge in [0.2, 0.25) is 0 Å². The first kappa shape index (κ1) is 13.2. The van der Waals surface area contributed by atoms with Crippen molar-refractivity contribution in [2.75, 3.05) is 18.0 Å². The Morgan fingerprint density at radius 3 is 2.74 bits per heavy atom. The number of fused-ring (bicyclic) bond motifs is 2. The highest BCUT2D eigenvalue weighted by atomic mass is 35.5. The molecular formula is C15H20ClNO2. The molecule has 0 radical (unpaired) electrons. The van der Waals surface area contributed by atoms with Crippen LogP contribution in [0.4, 0.5) is 5.69 Å². The van der Waals surface area contributed by atoms with Gasteiger partial charge < -0.3 is 14.4 Å². The molecule has 1 spiro atoms. The highest BCUT2D eigenvalue weighted by Crippen LogP contribution is 2.53. The van der Waals surface area contributed by atoms with Gasteiger partial charge in [-0.15, -0.1) is 12.4 Å². The predicted molar refractivity (Wildman–Crippen MR) is 76.9 cm³/mol. The summed E-state index contributed by atoms with van der Waals surface area (Å²) in [4.78, 5) is 2.48. The van der Waals surface area contributed by atoms with Crippen LogP contribution in [0.25, 0.3) is 0 Å². The molecule has 4 aliphatic heterocycles. The number of hydrogen-bond acceptors (Lipinski definition) is 3. The lowest BCUT2D eigenvalue weighted by Crippen LogP contribution is -2.44. The molecule has 2 atom stereocenters. The van der Waals surface area contributed by atoms with Gasteiger partial charge in [0.25, 0.3) is 0 Å².